The van der Waals surface area contributed by atoms with Crippen LogP contribution in [0.3, 0.4) is 0 Å². The lowest BCUT2D eigenvalue weighted by molar-refractivity contribution is -0.147. The Labute approximate surface area is 173 Å². The third kappa shape index (κ3) is 10.1. The van der Waals surface area contributed by atoms with Crippen molar-refractivity contribution in [3.8, 4) is 0 Å². The third-order valence-corrected chi connectivity index (χ3v) is 4.08. The summed E-state index contributed by atoms with van der Waals surface area (Å²) in [5.74, 6) is -5.60. The fourth-order valence-corrected chi connectivity index (χ4v) is 2.34. The quantitative estimate of drug-likeness (QED) is 0.141. The molecule has 0 aromatic heterocycles. The molecular weight excluding hydrogens is 408 g/mol. The normalized spacial score (nSPS) is 15.0. The Kier molecular flexibility index (Phi) is 11.9. The van der Waals surface area contributed by atoms with Crippen molar-refractivity contribution in [2.75, 3.05) is 12.4 Å². The second-order valence-corrected chi connectivity index (χ2v) is 7.09. The average Bonchev–Trinajstić information content (AvgIpc) is 2.62. The Morgan fingerprint density at radius 1 is 0.897 bits per heavy atom. The van der Waals surface area contributed by atoms with Crippen LogP contribution >= 0.6 is 12.6 Å². The van der Waals surface area contributed by atoms with Crippen molar-refractivity contribution in [3.63, 3.8) is 0 Å². The van der Waals surface area contributed by atoms with Gasteiger partial charge in [-0.05, 0) is 12.3 Å². The molecule has 0 rings (SSSR count). The van der Waals surface area contributed by atoms with Crippen molar-refractivity contribution >= 4 is 42.3 Å². The van der Waals surface area contributed by atoms with Gasteiger partial charge in [0.25, 0.3) is 0 Å². The van der Waals surface area contributed by atoms with E-state index in [2.05, 4.69) is 28.6 Å². The van der Waals surface area contributed by atoms with Gasteiger partial charge in [-0.25, -0.2) is 4.79 Å². The van der Waals surface area contributed by atoms with Gasteiger partial charge in [0.15, 0.2) is 0 Å². The van der Waals surface area contributed by atoms with Crippen LogP contribution in [0.25, 0.3) is 0 Å². The SMILES string of the molecule is CC(C)CC(NC(=O)C(CO)NC(=O)C(N)CS)C(=O)NC(CC(=O)O)C(=O)O. The van der Waals surface area contributed by atoms with Crippen molar-refractivity contribution in [1.29, 1.82) is 0 Å². The number of aliphatic hydroxyl groups is 1. The molecule has 0 saturated carbocycles. The molecule has 3 amide bonds. The standard InChI is InChI=1S/C16H28N4O8S/c1-7(2)3-9(14(25)19-10(16(27)28)4-12(22)23)18-15(26)11(5-21)20-13(24)8(17)6-29/h7-11,21,29H,3-6,17H2,1-2H3,(H,18,26)(H,19,25)(H,20,24)(H,22,23)(H,27,28). The molecule has 12 nitrogen and oxygen atoms in total. The molecule has 13 heteroatoms. The smallest absolute Gasteiger partial charge is 0.326 e. The van der Waals surface area contributed by atoms with Crippen LogP contribution in [0.2, 0.25) is 0 Å². The summed E-state index contributed by atoms with van der Waals surface area (Å²) >= 11 is 3.86. The number of nitrogens with two attached hydrogens (primary N) is 1. The Morgan fingerprint density at radius 3 is 1.79 bits per heavy atom. The number of rotatable bonds is 13. The van der Waals surface area contributed by atoms with Crippen molar-refractivity contribution in [2.45, 2.75) is 50.9 Å². The summed E-state index contributed by atoms with van der Waals surface area (Å²) in [4.78, 5) is 58.5. The minimum atomic E-state index is -1.69. The Balaban J connectivity index is 5.27. The number of amides is 3. The molecule has 0 radical (unpaired) electrons. The molecule has 166 valence electrons. The summed E-state index contributed by atoms with van der Waals surface area (Å²) in [6.07, 6.45) is -0.750. The summed E-state index contributed by atoms with van der Waals surface area (Å²) in [6.45, 7) is 2.72. The highest BCUT2D eigenvalue weighted by molar-refractivity contribution is 7.80. The number of aliphatic hydroxyl groups excluding tert-OH is 1. The number of hydrogen-bond donors (Lipinski definition) is 8. The first-order chi connectivity index (χ1) is 13.4. The van der Waals surface area contributed by atoms with E-state index in [4.69, 9.17) is 15.9 Å². The zero-order valence-corrected chi connectivity index (χ0v) is 17.0. The first-order valence-electron chi connectivity index (χ1n) is 8.75. The van der Waals surface area contributed by atoms with E-state index >= 15 is 0 Å². The molecule has 0 aromatic rings. The highest BCUT2D eigenvalue weighted by Gasteiger charge is 2.31. The van der Waals surface area contributed by atoms with Gasteiger partial charge in [-0.2, -0.15) is 12.6 Å². The van der Waals surface area contributed by atoms with E-state index in [1.54, 1.807) is 13.8 Å². The largest absolute Gasteiger partial charge is 0.481 e. The molecule has 0 bridgehead atoms. The molecule has 0 spiro atoms. The molecule has 0 aliphatic rings. The van der Waals surface area contributed by atoms with Crippen LogP contribution in [0.5, 0.6) is 0 Å². The van der Waals surface area contributed by atoms with Gasteiger partial charge in [0, 0.05) is 5.75 Å². The number of carbonyl (C=O) groups is 5. The molecule has 0 fully saturated rings. The number of aliphatic carboxylic acids is 2. The molecule has 4 unspecified atom stereocenters. The molecule has 29 heavy (non-hydrogen) atoms. The molecule has 0 aromatic carbocycles. The Bertz CT molecular complexity index is 616. The van der Waals surface area contributed by atoms with Crippen molar-refractivity contribution in [1.82, 2.24) is 16.0 Å². The van der Waals surface area contributed by atoms with E-state index in [1.165, 1.54) is 0 Å². The van der Waals surface area contributed by atoms with E-state index in [-0.39, 0.29) is 18.1 Å². The van der Waals surface area contributed by atoms with Crippen LogP contribution in [0.15, 0.2) is 0 Å². The highest BCUT2D eigenvalue weighted by atomic mass is 32.1. The number of carbonyl (C=O) groups excluding carboxylic acids is 3. The molecular formula is C16H28N4O8S. The molecule has 0 saturated heterocycles. The number of carboxylic acids is 2. The van der Waals surface area contributed by atoms with E-state index in [9.17, 15) is 29.1 Å². The van der Waals surface area contributed by atoms with Gasteiger partial charge < -0.3 is 37.0 Å². The number of hydrogen-bond acceptors (Lipinski definition) is 8. The predicted octanol–water partition coefficient (Wildman–Crippen LogP) is -2.70. The van der Waals surface area contributed by atoms with Crippen LogP contribution in [0.4, 0.5) is 0 Å². The van der Waals surface area contributed by atoms with Crippen LogP contribution in [0, 0.1) is 5.92 Å². The molecule has 4 atom stereocenters. The number of carboxylic acid groups (broad SMARTS) is 2. The van der Waals surface area contributed by atoms with Gasteiger partial charge >= 0.3 is 11.9 Å². The van der Waals surface area contributed by atoms with E-state index < -0.39 is 66.9 Å². The van der Waals surface area contributed by atoms with Gasteiger partial charge in [0.2, 0.25) is 17.7 Å². The van der Waals surface area contributed by atoms with E-state index in [1.807, 2.05) is 0 Å². The lowest BCUT2D eigenvalue weighted by atomic mass is 10.0. The van der Waals surface area contributed by atoms with Gasteiger partial charge in [0.05, 0.1) is 19.1 Å². The third-order valence-electron chi connectivity index (χ3n) is 3.68. The fraction of sp³-hybridized carbons (Fsp3) is 0.688. The summed E-state index contributed by atoms with van der Waals surface area (Å²) in [5.41, 5.74) is 5.49. The van der Waals surface area contributed by atoms with Gasteiger partial charge in [0.1, 0.15) is 18.1 Å². The summed E-state index contributed by atoms with van der Waals surface area (Å²) in [7, 11) is 0. The maximum absolute atomic E-state index is 12.4. The van der Waals surface area contributed by atoms with E-state index in [0.717, 1.165) is 0 Å². The number of nitrogens with one attached hydrogen (secondary N) is 3. The monoisotopic (exact) mass is 436 g/mol. The van der Waals surface area contributed by atoms with E-state index in [0.29, 0.717) is 0 Å². The zero-order valence-electron chi connectivity index (χ0n) is 16.1. The number of thiol groups is 1. The molecule has 0 aliphatic carbocycles. The minimum Gasteiger partial charge on any atom is -0.481 e. The van der Waals surface area contributed by atoms with Crippen molar-refractivity contribution in [3.05, 3.63) is 0 Å². The van der Waals surface area contributed by atoms with Gasteiger partial charge in [-0.15, -0.1) is 0 Å². The topological polar surface area (TPSA) is 208 Å². The van der Waals surface area contributed by atoms with Crippen molar-refractivity contribution in [2.24, 2.45) is 11.7 Å². The minimum absolute atomic E-state index is 0.00410. The summed E-state index contributed by atoms with van der Waals surface area (Å²) in [5, 5.41) is 33.8. The Morgan fingerprint density at radius 2 is 1.38 bits per heavy atom. The van der Waals surface area contributed by atoms with Crippen LogP contribution in [-0.2, 0) is 24.0 Å². The molecule has 0 aliphatic heterocycles. The molecule has 0 heterocycles. The summed E-state index contributed by atoms with van der Waals surface area (Å²) < 4.78 is 0. The molecule has 8 N–H and O–H groups in total. The average molecular weight is 436 g/mol. The second-order valence-electron chi connectivity index (χ2n) is 6.72. The fourth-order valence-electron chi connectivity index (χ4n) is 2.18. The Hall–Kier alpha value is -2.38. The van der Waals surface area contributed by atoms with Crippen LogP contribution in [-0.4, -0.2) is 81.5 Å². The van der Waals surface area contributed by atoms with Crippen molar-refractivity contribution < 1.29 is 39.3 Å². The predicted molar refractivity (Wildman–Crippen MR) is 104 cm³/mol. The highest BCUT2D eigenvalue weighted by Crippen LogP contribution is 2.07. The zero-order chi connectivity index (χ0) is 22.7. The first-order valence-corrected chi connectivity index (χ1v) is 9.39. The van der Waals surface area contributed by atoms with Gasteiger partial charge in [-0.1, -0.05) is 13.8 Å². The maximum Gasteiger partial charge on any atom is 0.326 e. The van der Waals surface area contributed by atoms with Crippen LogP contribution in [0.1, 0.15) is 26.7 Å². The van der Waals surface area contributed by atoms with Crippen LogP contribution < -0.4 is 21.7 Å². The lowest BCUT2D eigenvalue weighted by Crippen LogP contribution is -2.58. The van der Waals surface area contributed by atoms with Gasteiger partial charge in [-0.3, -0.25) is 19.2 Å². The lowest BCUT2D eigenvalue weighted by Gasteiger charge is -2.25. The maximum atomic E-state index is 12.4. The summed E-state index contributed by atoms with van der Waals surface area (Å²) in [6, 6.07) is -5.32. The first kappa shape index (κ1) is 26.6. The second kappa shape index (κ2) is 13.0.